The third kappa shape index (κ3) is 3.95. The van der Waals surface area contributed by atoms with Gasteiger partial charge in [0.25, 0.3) is 0 Å². The summed E-state index contributed by atoms with van der Waals surface area (Å²) in [6.07, 6.45) is -3.14. The van der Waals surface area contributed by atoms with Crippen molar-refractivity contribution in [2.75, 3.05) is 0 Å². The van der Waals surface area contributed by atoms with E-state index in [0.717, 1.165) is 0 Å². The predicted octanol–water partition coefficient (Wildman–Crippen LogP) is 3.10. The quantitative estimate of drug-likeness (QED) is 0.783. The van der Waals surface area contributed by atoms with E-state index in [1.165, 1.54) is 0 Å². The van der Waals surface area contributed by atoms with Crippen LogP contribution in [0.4, 0.5) is 8.78 Å². The first-order valence-electron chi connectivity index (χ1n) is 4.66. The highest BCUT2D eigenvalue weighted by Crippen LogP contribution is 2.23. The maximum atomic E-state index is 12.4. The molecule has 1 aromatic heterocycles. The Morgan fingerprint density at radius 1 is 1.33 bits per heavy atom. The van der Waals surface area contributed by atoms with E-state index >= 15 is 0 Å². The summed E-state index contributed by atoms with van der Waals surface area (Å²) >= 11 is 0. The van der Waals surface area contributed by atoms with Gasteiger partial charge in [0, 0.05) is 18.4 Å². The van der Waals surface area contributed by atoms with Gasteiger partial charge in [-0.25, -0.2) is 0 Å². The molecule has 0 fully saturated rings. The summed E-state index contributed by atoms with van der Waals surface area (Å²) in [7, 11) is 0. The van der Waals surface area contributed by atoms with Crippen molar-refractivity contribution in [3.63, 3.8) is 0 Å². The van der Waals surface area contributed by atoms with Crippen molar-refractivity contribution >= 4 is 0 Å². The molecule has 0 atom stereocenters. The summed E-state index contributed by atoms with van der Waals surface area (Å²) in [4.78, 5) is 0. The van der Waals surface area contributed by atoms with Crippen molar-refractivity contribution in [1.82, 2.24) is 5.16 Å². The molecule has 3 nitrogen and oxygen atoms in total. The summed E-state index contributed by atoms with van der Waals surface area (Å²) in [5.74, 6) is 0.653. The molecule has 0 aliphatic carbocycles. The first-order valence-corrected chi connectivity index (χ1v) is 4.66. The van der Waals surface area contributed by atoms with Gasteiger partial charge < -0.3 is 9.26 Å². The van der Waals surface area contributed by atoms with Gasteiger partial charge in [0.15, 0.2) is 0 Å². The Balaban J connectivity index is 2.62. The summed E-state index contributed by atoms with van der Waals surface area (Å²) in [5, 5.41) is 3.65. The number of ether oxygens (including phenoxy) is 1. The van der Waals surface area contributed by atoms with Crippen molar-refractivity contribution in [1.29, 1.82) is 0 Å². The minimum Gasteiger partial charge on any atom is -0.360 e. The molecule has 0 spiro atoms. The van der Waals surface area contributed by atoms with Crippen LogP contribution in [0.2, 0.25) is 0 Å². The van der Waals surface area contributed by atoms with Crippen LogP contribution in [-0.2, 0) is 16.8 Å². The molecule has 0 saturated heterocycles. The fraction of sp³-hybridized carbons (Fsp3) is 0.700. The Morgan fingerprint density at radius 2 is 1.93 bits per heavy atom. The highest BCUT2D eigenvalue weighted by molar-refractivity contribution is 5.12. The van der Waals surface area contributed by atoms with Crippen LogP contribution in [0.15, 0.2) is 10.6 Å². The van der Waals surface area contributed by atoms with Crippen LogP contribution >= 0.6 is 0 Å². The van der Waals surface area contributed by atoms with Crippen LogP contribution in [0.5, 0.6) is 0 Å². The SMILES string of the molecule is CC(F)(F)OCc1cc(C(C)(C)C)on1. The molecule has 0 radical (unpaired) electrons. The molecule has 1 aromatic rings. The number of hydrogen-bond acceptors (Lipinski definition) is 3. The lowest BCUT2D eigenvalue weighted by molar-refractivity contribution is -0.232. The summed E-state index contributed by atoms with van der Waals surface area (Å²) in [5.41, 5.74) is 0.196. The van der Waals surface area contributed by atoms with Gasteiger partial charge in [0.2, 0.25) is 0 Å². The van der Waals surface area contributed by atoms with E-state index in [1.807, 2.05) is 20.8 Å². The van der Waals surface area contributed by atoms with E-state index in [-0.39, 0.29) is 12.0 Å². The van der Waals surface area contributed by atoms with Crippen molar-refractivity contribution in [2.45, 2.75) is 45.8 Å². The van der Waals surface area contributed by atoms with E-state index in [4.69, 9.17) is 4.52 Å². The third-order valence-corrected chi connectivity index (χ3v) is 1.77. The number of rotatable bonds is 3. The summed E-state index contributed by atoms with van der Waals surface area (Å²) < 4.78 is 34.0. The normalized spacial score (nSPS) is 13.2. The molecule has 0 amide bonds. The lowest BCUT2D eigenvalue weighted by Crippen LogP contribution is -2.15. The number of halogens is 2. The molecule has 0 aromatic carbocycles. The maximum absolute atomic E-state index is 12.4. The zero-order chi connectivity index (χ0) is 11.7. The van der Waals surface area contributed by atoms with E-state index < -0.39 is 6.11 Å². The Bertz CT molecular complexity index is 323. The highest BCUT2D eigenvalue weighted by atomic mass is 19.3. The molecule has 0 aliphatic rings. The highest BCUT2D eigenvalue weighted by Gasteiger charge is 2.24. The first kappa shape index (κ1) is 12.1. The van der Waals surface area contributed by atoms with Crippen LogP contribution in [0.1, 0.15) is 39.1 Å². The Morgan fingerprint density at radius 3 is 2.33 bits per heavy atom. The van der Waals surface area contributed by atoms with E-state index in [0.29, 0.717) is 18.4 Å². The lowest BCUT2D eigenvalue weighted by atomic mass is 9.93. The summed E-state index contributed by atoms with van der Waals surface area (Å²) in [6.45, 7) is 6.30. The number of alkyl halides is 2. The standard InChI is InChI=1S/C10H15F2NO2/c1-9(2,3)8-5-7(13-15-8)6-14-10(4,11)12/h5H,6H2,1-4H3. The van der Waals surface area contributed by atoms with E-state index in [2.05, 4.69) is 9.89 Å². The zero-order valence-electron chi connectivity index (χ0n) is 9.30. The van der Waals surface area contributed by atoms with E-state index in [1.54, 1.807) is 6.07 Å². The van der Waals surface area contributed by atoms with Crippen molar-refractivity contribution in [3.05, 3.63) is 17.5 Å². The lowest BCUT2D eigenvalue weighted by Gasteiger charge is -2.12. The molecular weight excluding hydrogens is 204 g/mol. The maximum Gasteiger partial charge on any atom is 0.353 e. The topological polar surface area (TPSA) is 35.3 Å². The first-order chi connectivity index (χ1) is 6.68. The van der Waals surface area contributed by atoms with Crippen molar-refractivity contribution in [2.24, 2.45) is 0 Å². The molecule has 0 bridgehead atoms. The summed E-state index contributed by atoms with van der Waals surface area (Å²) in [6, 6.07) is 1.63. The molecule has 5 heteroatoms. The predicted molar refractivity (Wildman–Crippen MR) is 50.6 cm³/mol. The number of aromatic nitrogens is 1. The fourth-order valence-corrected chi connectivity index (χ4v) is 0.934. The van der Waals surface area contributed by atoms with Gasteiger partial charge in [-0.15, -0.1) is 0 Å². The average Bonchev–Trinajstić information content (AvgIpc) is 2.45. The monoisotopic (exact) mass is 219 g/mol. The number of nitrogens with zero attached hydrogens (tertiary/aromatic N) is 1. The molecule has 0 N–H and O–H groups in total. The van der Waals surface area contributed by atoms with Crippen LogP contribution in [0.25, 0.3) is 0 Å². The van der Waals surface area contributed by atoms with Crippen LogP contribution in [0.3, 0.4) is 0 Å². The molecule has 0 aliphatic heterocycles. The van der Waals surface area contributed by atoms with Crippen LogP contribution in [0, 0.1) is 0 Å². The number of hydrogen-bond donors (Lipinski definition) is 0. The van der Waals surface area contributed by atoms with Gasteiger partial charge in [-0.2, -0.15) is 8.78 Å². The molecule has 1 heterocycles. The average molecular weight is 219 g/mol. The van der Waals surface area contributed by atoms with Crippen molar-refractivity contribution in [3.8, 4) is 0 Å². The second kappa shape index (κ2) is 3.89. The van der Waals surface area contributed by atoms with Crippen LogP contribution in [-0.4, -0.2) is 11.3 Å². The molecule has 0 saturated carbocycles. The van der Waals surface area contributed by atoms with Gasteiger partial charge in [-0.1, -0.05) is 25.9 Å². The van der Waals surface area contributed by atoms with Gasteiger partial charge in [-0.05, 0) is 0 Å². The van der Waals surface area contributed by atoms with Gasteiger partial charge in [0.05, 0.1) is 6.61 Å². The third-order valence-electron chi connectivity index (χ3n) is 1.77. The minimum absolute atomic E-state index is 0.181. The largest absolute Gasteiger partial charge is 0.360 e. The second-order valence-electron chi connectivity index (χ2n) is 4.53. The molecule has 0 unspecified atom stereocenters. The molecule has 1 rings (SSSR count). The smallest absolute Gasteiger partial charge is 0.353 e. The van der Waals surface area contributed by atoms with Gasteiger partial charge in [0.1, 0.15) is 11.5 Å². The fourth-order valence-electron chi connectivity index (χ4n) is 0.934. The zero-order valence-corrected chi connectivity index (χ0v) is 9.30. The van der Waals surface area contributed by atoms with Crippen LogP contribution < -0.4 is 0 Å². The van der Waals surface area contributed by atoms with Gasteiger partial charge >= 0.3 is 6.11 Å². The minimum atomic E-state index is -3.14. The van der Waals surface area contributed by atoms with Gasteiger partial charge in [-0.3, -0.25) is 0 Å². The Hall–Kier alpha value is -0.970. The van der Waals surface area contributed by atoms with E-state index in [9.17, 15) is 8.78 Å². The Labute approximate surface area is 87.4 Å². The van der Waals surface area contributed by atoms with Crippen molar-refractivity contribution < 1.29 is 18.0 Å². The second-order valence-corrected chi connectivity index (χ2v) is 4.53. The molecule has 86 valence electrons. The molecule has 15 heavy (non-hydrogen) atoms. The Kier molecular flexibility index (Phi) is 3.13. The molecular formula is C10H15F2NO2.